The molecule has 0 radical (unpaired) electrons. The van der Waals surface area contributed by atoms with Gasteiger partial charge in [-0.05, 0) is 29.8 Å². The number of fused-ring (bicyclic) bond motifs is 1. The maximum atomic E-state index is 4.34. The number of benzene rings is 2. The summed E-state index contributed by atoms with van der Waals surface area (Å²) in [4.78, 5) is 2.96. The Hall–Kier alpha value is -2.40. The zero-order chi connectivity index (χ0) is 15.5. The third-order valence-electron chi connectivity index (χ3n) is 3.47. The van der Waals surface area contributed by atoms with Crippen LogP contribution in [0.1, 0.15) is 5.56 Å². The van der Waals surface area contributed by atoms with E-state index in [1.165, 1.54) is 15.9 Å². The van der Waals surface area contributed by atoms with Gasteiger partial charge in [-0.2, -0.15) is 5.10 Å². The van der Waals surface area contributed by atoms with Crippen LogP contribution in [0.15, 0.2) is 58.7 Å². The van der Waals surface area contributed by atoms with Crippen molar-refractivity contribution in [1.82, 2.24) is 4.57 Å². The lowest BCUT2D eigenvalue weighted by Crippen LogP contribution is -2.09. The third kappa shape index (κ3) is 2.94. The fraction of sp³-hybridized carbons (Fsp3) is 0.176. The molecule has 112 valence electrons. The van der Waals surface area contributed by atoms with Crippen LogP contribution in [0, 0.1) is 0 Å². The molecule has 0 bridgehead atoms. The monoisotopic (exact) mass is 310 g/mol. The zero-order valence-electron chi connectivity index (χ0n) is 12.9. The van der Waals surface area contributed by atoms with Gasteiger partial charge in [-0.3, -0.25) is 0 Å². The van der Waals surface area contributed by atoms with Crippen molar-refractivity contribution in [2.24, 2.45) is 17.3 Å². The minimum Gasteiger partial charge on any atom is -0.378 e. The molecule has 0 aliphatic carbocycles. The van der Waals surface area contributed by atoms with Gasteiger partial charge in [-0.25, -0.2) is 0 Å². The van der Waals surface area contributed by atoms with Crippen molar-refractivity contribution < 1.29 is 0 Å². The molecular weight excluding hydrogens is 292 g/mol. The lowest BCUT2D eigenvalue weighted by molar-refractivity contribution is 0.889. The van der Waals surface area contributed by atoms with E-state index in [-0.39, 0.29) is 0 Å². The van der Waals surface area contributed by atoms with Crippen LogP contribution in [0.2, 0.25) is 0 Å². The molecule has 0 spiro atoms. The summed E-state index contributed by atoms with van der Waals surface area (Å²) in [5.41, 5.74) is 3.39. The summed E-state index contributed by atoms with van der Waals surface area (Å²) < 4.78 is 3.28. The topological polar surface area (TPSA) is 32.9 Å². The Balaban J connectivity index is 1.87. The van der Waals surface area contributed by atoms with Gasteiger partial charge in [0.1, 0.15) is 0 Å². The number of rotatable bonds is 3. The van der Waals surface area contributed by atoms with Crippen molar-refractivity contribution in [3.05, 3.63) is 58.9 Å². The smallest absolute Gasteiger partial charge is 0.211 e. The largest absolute Gasteiger partial charge is 0.378 e. The summed E-state index contributed by atoms with van der Waals surface area (Å²) >= 11 is 1.64. The molecule has 0 saturated heterocycles. The molecule has 2 aromatic carbocycles. The van der Waals surface area contributed by atoms with Crippen LogP contribution in [0.25, 0.3) is 10.2 Å². The van der Waals surface area contributed by atoms with E-state index in [0.717, 1.165) is 10.4 Å². The van der Waals surface area contributed by atoms with E-state index in [1.807, 2.05) is 45.4 Å². The van der Waals surface area contributed by atoms with Gasteiger partial charge in [0.05, 0.1) is 16.4 Å². The second kappa shape index (κ2) is 6.15. The first kappa shape index (κ1) is 14.5. The molecule has 0 saturated carbocycles. The van der Waals surface area contributed by atoms with E-state index >= 15 is 0 Å². The second-order valence-electron chi connectivity index (χ2n) is 5.24. The summed E-state index contributed by atoms with van der Waals surface area (Å²) in [6.07, 6.45) is 1.78. The molecule has 1 heterocycles. The van der Waals surface area contributed by atoms with E-state index in [4.69, 9.17) is 0 Å². The average molecular weight is 310 g/mol. The molecule has 3 aromatic rings. The molecule has 5 heteroatoms. The van der Waals surface area contributed by atoms with E-state index in [0.29, 0.717) is 0 Å². The van der Waals surface area contributed by atoms with Crippen molar-refractivity contribution in [2.75, 3.05) is 19.0 Å². The van der Waals surface area contributed by atoms with Crippen molar-refractivity contribution in [2.45, 2.75) is 0 Å². The number of aromatic nitrogens is 1. The number of nitrogens with zero attached hydrogens (tertiary/aromatic N) is 4. The van der Waals surface area contributed by atoms with Crippen molar-refractivity contribution in [1.29, 1.82) is 0 Å². The molecule has 0 aliphatic heterocycles. The lowest BCUT2D eigenvalue weighted by Gasteiger charge is -2.11. The van der Waals surface area contributed by atoms with Gasteiger partial charge in [0.2, 0.25) is 4.80 Å². The van der Waals surface area contributed by atoms with Crippen LogP contribution in [-0.4, -0.2) is 24.9 Å². The predicted octanol–water partition coefficient (Wildman–Crippen LogP) is 3.24. The number of aryl methyl sites for hydroxylation is 1. The van der Waals surface area contributed by atoms with Crippen LogP contribution in [0.5, 0.6) is 0 Å². The molecule has 0 amide bonds. The van der Waals surface area contributed by atoms with Crippen LogP contribution in [-0.2, 0) is 7.05 Å². The fourth-order valence-corrected chi connectivity index (χ4v) is 3.16. The number of anilines is 1. The highest BCUT2D eigenvalue weighted by Gasteiger charge is 2.00. The van der Waals surface area contributed by atoms with Gasteiger partial charge < -0.3 is 9.47 Å². The number of hydrogen-bond acceptors (Lipinski definition) is 4. The van der Waals surface area contributed by atoms with Crippen LogP contribution in [0.4, 0.5) is 5.69 Å². The summed E-state index contributed by atoms with van der Waals surface area (Å²) in [6, 6.07) is 16.5. The molecule has 0 unspecified atom stereocenters. The van der Waals surface area contributed by atoms with Crippen LogP contribution in [0.3, 0.4) is 0 Å². The molecule has 3 rings (SSSR count). The molecule has 0 fully saturated rings. The fourth-order valence-electron chi connectivity index (χ4n) is 2.18. The van der Waals surface area contributed by atoms with Gasteiger partial charge in [0.15, 0.2) is 0 Å². The molecular formula is C17H18N4S. The molecule has 4 nitrogen and oxygen atoms in total. The van der Waals surface area contributed by atoms with Gasteiger partial charge in [0, 0.05) is 26.8 Å². The molecule has 22 heavy (non-hydrogen) atoms. The highest BCUT2D eigenvalue weighted by molar-refractivity contribution is 7.16. The zero-order valence-corrected chi connectivity index (χ0v) is 13.7. The molecule has 0 aliphatic rings. The first-order chi connectivity index (χ1) is 10.6. The van der Waals surface area contributed by atoms with Gasteiger partial charge in [-0.1, -0.05) is 35.6 Å². The summed E-state index contributed by atoms with van der Waals surface area (Å²) in [7, 11) is 6.07. The minimum atomic E-state index is 0.891. The Morgan fingerprint density at radius 2 is 1.77 bits per heavy atom. The molecule has 0 N–H and O–H groups in total. The van der Waals surface area contributed by atoms with E-state index < -0.39 is 0 Å². The minimum absolute atomic E-state index is 0.891. The first-order valence-corrected chi connectivity index (χ1v) is 7.86. The maximum Gasteiger partial charge on any atom is 0.211 e. The normalized spacial score (nSPS) is 12.4. The van der Waals surface area contributed by atoms with E-state index in [1.54, 1.807) is 17.6 Å². The van der Waals surface area contributed by atoms with Crippen LogP contribution >= 0.6 is 11.3 Å². The SMILES string of the molecule is CN(C)c1ccc(/C=N/N=c2/sc3ccccc3n2C)cc1. The first-order valence-electron chi connectivity index (χ1n) is 7.04. The summed E-state index contributed by atoms with van der Waals surface area (Å²) in [5.74, 6) is 0. The Kier molecular flexibility index (Phi) is 4.06. The quantitative estimate of drug-likeness (QED) is 0.540. The average Bonchev–Trinajstić information content (AvgIpc) is 2.85. The highest BCUT2D eigenvalue weighted by atomic mass is 32.1. The molecule has 0 atom stereocenters. The second-order valence-corrected chi connectivity index (χ2v) is 6.25. The maximum absolute atomic E-state index is 4.34. The van der Waals surface area contributed by atoms with E-state index in [2.05, 4.69) is 43.9 Å². The Morgan fingerprint density at radius 1 is 1.05 bits per heavy atom. The van der Waals surface area contributed by atoms with E-state index in [9.17, 15) is 0 Å². The molecule has 1 aromatic heterocycles. The highest BCUT2D eigenvalue weighted by Crippen LogP contribution is 2.15. The predicted molar refractivity (Wildman–Crippen MR) is 94.7 cm³/mol. The van der Waals surface area contributed by atoms with Crippen molar-refractivity contribution >= 4 is 33.5 Å². The summed E-state index contributed by atoms with van der Waals surface area (Å²) in [5, 5.41) is 8.55. The Bertz CT molecular complexity index is 870. The standard InChI is InChI=1S/C17H18N4S/c1-20(2)14-10-8-13(9-11-14)12-18-19-17-21(3)15-6-4-5-7-16(15)22-17/h4-12H,1-3H3/b18-12+,19-17+. The summed E-state index contributed by atoms with van der Waals surface area (Å²) in [6.45, 7) is 0. The third-order valence-corrected chi connectivity index (χ3v) is 4.58. The Morgan fingerprint density at radius 3 is 2.45 bits per heavy atom. The van der Waals surface area contributed by atoms with Gasteiger partial charge >= 0.3 is 0 Å². The Labute approximate surface area is 133 Å². The van der Waals surface area contributed by atoms with Crippen molar-refractivity contribution in [3.63, 3.8) is 0 Å². The number of hydrogen-bond donors (Lipinski definition) is 0. The van der Waals surface area contributed by atoms with Gasteiger partial charge in [0.25, 0.3) is 0 Å². The lowest BCUT2D eigenvalue weighted by atomic mass is 10.2. The van der Waals surface area contributed by atoms with Crippen molar-refractivity contribution in [3.8, 4) is 0 Å². The number of para-hydroxylation sites is 1. The number of thiazole rings is 1. The van der Waals surface area contributed by atoms with Crippen LogP contribution < -0.4 is 9.70 Å². The van der Waals surface area contributed by atoms with Gasteiger partial charge in [-0.15, -0.1) is 5.10 Å².